The van der Waals surface area contributed by atoms with Crippen molar-refractivity contribution in [2.75, 3.05) is 13.6 Å². The first-order valence-corrected chi connectivity index (χ1v) is 10.8. The molecule has 4 rings (SSSR count). The summed E-state index contributed by atoms with van der Waals surface area (Å²) in [6, 6.07) is 8.69. The highest BCUT2D eigenvalue weighted by Gasteiger charge is 2.23. The Hall–Kier alpha value is -1.36. The van der Waals surface area contributed by atoms with Crippen LogP contribution in [0.1, 0.15) is 56.5 Å². The number of aromatic nitrogens is 2. The molecule has 0 unspecified atom stereocenters. The van der Waals surface area contributed by atoms with Gasteiger partial charge in [0.2, 0.25) is 0 Å². The molecule has 0 atom stereocenters. The van der Waals surface area contributed by atoms with E-state index in [0.29, 0.717) is 6.04 Å². The average molecular weight is 387 g/mol. The van der Waals surface area contributed by atoms with E-state index in [0.717, 1.165) is 41.2 Å². The van der Waals surface area contributed by atoms with Crippen molar-refractivity contribution in [3.63, 3.8) is 0 Å². The molecule has 0 aliphatic heterocycles. The van der Waals surface area contributed by atoms with Gasteiger partial charge in [0.05, 0.1) is 12.2 Å². The summed E-state index contributed by atoms with van der Waals surface area (Å²) in [6.45, 7) is 2.91. The van der Waals surface area contributed by atoms with Gasteiger partial charge in [-0.25, -0.2) is 4.98 Å². The summed E-state index contributed by atoms with van der Waals surface area (Å²) < 4.78 is 2.23. The monoisotopic (exact) mass is 386 g/mol. The second-order valence-electron chi connectivity index (χ2n) is 8.35. The predicted molar refractivity (Wildman–Crippen MR) is 111 cm³/mol. The number of halogens is 1. The van der Waals surface area contributed by atoms with Crippen LogP contribution in [0.2, 0.25) is 5.02 Å². The van der Waals surface area contributed by atoms with Crippen LogP contribution in [0.15, 0.2) is 30.5 Å². The van der Waals surface area contributed by atoms with Gasteiger partial charge in [-0.2, -0.15) is 0 Å². The fourth-order valence-corrected chi connectivity index (χ4v) is 4.25. The lowest BCUT2D eigenvalue weighted by molar-refractivity contribution is 0.309. The SMILES string of the molecule is CN(Cc1cn(-c2ccc(Cl)cc2)c(CNC2CCCCC2)n1)CC1CC1. The van der Waals surface area contributed by atoms with E-state index >= 15 is 0 Å². The van der Waals surface area contributed by atoms with E-state index in [4.69, 9.17) is 16.6 Å². The Labute approximate surface area is 167 Å². The van der Waals surface area contributed by atoms with E-state index in [1.807, 2.05) is 12.1 Å². The largest absolute Gasteiger partial charge is 0.307 e. The molecule has 1 heterocycles. The van der Waals surface area contributed by atoms with Crippen LogP contribution in [0.25, 0.3) is 5.69 Å². The lowest BCUT2D eigenvalue weighted by atomic mass is 9.95. The second-order valence-corrected chi connectivity index (χ2v) is 8.79. The molecule has 0 radical (unpaired) electrons. The maximum atomic E-state index is 6.09. The Morgan fingerprint density at radius 1 is 1.11 bits per heavy atom. The molecule has 1 N–H and O–H groups in total. The molecular formula is C22H31ClN4. The van der Waals surface area contributed by atoms with Crippen LogP contribution in [0.4, 0.5) is 0 Å². The summed E-state index contributed by atoms with van der Waals surface area (Å²) >= 11 is 6.09. The zero-order valence-electron chi connectivity index (χ0n) is 16.3. The van der Waals surface area contributed by atoms with Crippen LogP contribution in [0.5, 0.6) is 0 Å². The number of hydrogen-bond donors (Lipinski definition) is 1. The third-order valence-electron chi connectivity index (χ3n) is 5.79. The standard InChI is InChI=1S/C22H31ClN4/c1-26(14-17-7-8-17)15-20-16-27(21-11-9-18(23)10-12-21)22(25-20)13-24-19-5-3-2-4-6-19/h9-12,16-17,19,24H,2-8,13-15H2,1H3. The molecule has 4 nitrogen and oxygen atoms in total. The molecule has 1 aromatic heterocycles. The third-order valence-corrected chi connectivity index (χ3v) is 6.04. The van der Waals surface area contributed by atoms with Gasteiger partial charge >= 0.3 is 0 Å². The number of nitrogens with zero attached hydrogens (tertiary/aromatic N) is 3. The molecule has 2 aliphatic rings. The summed E-state index contributed by atoms with van der Waals surface area (Å²) in [4.78, 5) is 7.39. The molecule has 27 heavy (non-hydrogen) atoms. The summed E-state index contributed by atoms with van der Waals surface area (Å²) in [7, 11) is 2.21. The number of rotatable bonds is 8. The van der Waals surface area contributed by atoms with Gasteiger partial charge in [0.15, 0.2) is 0 Å². The molecular weight excluding hydrogens is 356 g/mol. The van der Waals surface area contributed by atoms with Crippen LogP contribution < -0.4 is 5.32 Å². The topological polar surface area (TPSA) is 33.1 Å². The Balaban J connectivity index is 1.49. The van der Waals surface area contributed by atoms with Crippen molar-refractivity contribution in [3.05, 3.63) is 47.0 Å². The maximum Gasteiger partial charge on any atom is 0.127 e. The maximum absolute atomic E-state index is 6.09. The average Bonchev–Trinajstić information content (AvgIpc) is 3.39. The summed E-state index contributed by atoms with van der Waals surface area (Å²) in [5.41, 5.74) is 2.27. The number of nitrogens with one attached hydrogen (secondary N) is 1. The quantitative estimate of drug-likeness (QED) is 0.708. The van der Waals surface area contributed by atoms with E-state index in [1.165, 1.54) is 51.5 Å². The first kappa shape index (κ1) is 19.0. The molecule has 1 aromatic carbocycles. The highest BCUT2D eigenvalue weighted by molar-refractivity contribution is 6.30. The van der Waals surface area contributed by atoms with Crippen molar-refractivity contribution in [2.45, 2.75) is 64.1 Å². The van der Waals surface area contributed by atoms with Gasteiger partial charge in [0, 0.05) is 36.0 Å². The minimum Gasteiger partial charge on any atom is -0.307 e. The molecule has 0 amide bonds. The van der Waals surface area contributed by atoms with Crippen LogP contribution in [-0.2, 0) is 13.1 Å². The van der Waals surface area contributed by atoms with Gasteiger partial charge in [-0.1, -0.05) is 30.9 Å². The van der Waals surface area contributed by atoms with Crippen molar-refractivity contribution in [2.24, 2.45) is 5.92 Å². The Kier molecular flexibility index (Phi) is 6.16. The fraction of sp³-hybridized carbons (Fsp3) is 0.591. The highest BCUT2D eigenvalue weighted by atomic mass is 35.5. The molecule has 146 valence electrons. The first-order chi connectivity index (χ1) is 13.2. The summed E-state index contributed by atoms with van der Waals surface area (Å²) in [6.07, 6.45) is 11.6. The minimum absolute atomic E-state index is 0.634. The van der Waals surface area contributed by atoms with Crippen LogP contribution in [0, 0.1) is 5.92 Å². The summed E-state index contributed by atoms with van der Waals surface area (Å²) in [5.74, 6) is 2.00. The van der Waals surface area contributed by atoms with Gasteiger partial charge < -0.3 is 14.8 Å². The van der Waals surface area contributed by atoms with Crippen molar-refractivity contribution in [3.8, 4) is 5.69 Å². The molecule has 0 spiro atoms. The van der Waals surface area contributed by atoms with Crippen LogP contribution >= 0.6 is 11.6 Å². The molecule has 2 aliphatic carbocycles. The molecule has 2 aromatic rings. The molecule has 2 fully saturated rings. The lowest BCUT2D eigenvalue weighted by Gasteiger charge is -2.22. The molecule has 2 saturated carbocycles. The van der Waals surface area contributed by atoms with E-state index in [2.05, 4.69) is 40.2 Å². The Morgan fingerprint density at radius 3 is 2.56 bits per heavy atom. The van der Waals surface area contributed by atoms with Gasteiger partial charge in [-0.3, -0.25) is 0 Å². The van der Waals surface area contributed by atoms with Gasteiger partial charge in [0.1, 0.15) is 5.82 Å². The smallest absolute Gasteiger partial charge is 0.127 e. The molecule has 0 bridgehead atoms. The zero-order valence-corrected chi connectivity index (χ0v) is 17.1. The number of benzene rings is 1. The normalized spacial score (nSPS) is 18.3. The lowest BCUT2D eigenvalue weighted by Crippen LogP contribution is -2.31. The Morgan fingerprint density at radius 2 is 1.85 bits per heavy atom. The highest BCUT2D eigenvalue weighted by Crippen LogP contribution is 2.29. The molecule has 5 heteroatoms. The van der Waals surface area contributed by atoms with Crippen molar-refractivity contribution < 1.29 is 0 Å². The second kappa shape index (κ2) is 8.76. The van der Waals surface area contributed by atoms with E-state index in [9.17, 15) is 0 Å². The summed E-state index contributed by atoms with van der Waals surface area (Å²) in [5, 5.41) is 4.51. The third kappa shape index (κ3) is 5.34. The van der Waals surface area contributed by atoms with Crippen molar-refractivity contribution >= 4 is 11.6 Å². The van der Waals surface area contributed by atoms with E-state index < -0.39 is 0 Å². The predicted octanol–water partition coefficient (Wildman–Crippen LogP) is 4.79. The van der Waals surface area contributed by atoms with Crippen molar-refractivity contribution in [1.82, 2.24) is 19.8 Å². The minimum atomic E-state index is 0.634. The van der Waals surface area contributed by atoms with Gasteiger partial charge in [-0.15, -0.1) is 0 Å². The number of imidazole rings is 1. The van der Waals surface area contributed by atoms with Crippen LogP contribution in [0.3, 0.4) is 0 Å². The van der Waals surface area contributed by atoms with E-state index in [1.54, 1.807) is 0 Å². The fourth-order valence-electron chi connectivity index (χ4n) is 4.12. The van der Waals surface area contributed by atoms with Crippen molar-refractivity contribution in [1.29, 1.82) is 0 Å². The van der Waals surface area contributed by atoms with Crippen LogP contribution in [-0.4, -0.2) is 34.1 Å². The number of hydrogen-bond acceptors (Lipinski definition) is 3. The van der Waals surface area contributed by atoms with Gasteiger partial charge in [0.25, 0.3) is 0 Å². The van der Waals surface area contributed by atoms with Gasteiger partial charge in [-0.05, 0) is 62.9 Å². The van der Waals surface area contributed by atoms with E-state index in [-0.39, 0.29) is 0 Å². The zero-order chi connectivity index (χ0) is 18.6. The Bertz CT molecular complexity index is 729. The molecule has 0 saturated heterocycles. The first-order valence-electron chi connectivity index (χ1n) is 10.4.